The van der Waals surface area contributed by atoms with Crippen molar-refractivity contribution < 1.29 is 20.4 Å². The van der Waals surface area contributed by atoms with E-state index < -0.39 is 23.2 Å². The van der Waals surface area contributed by atoms with Gasteiger partial charge in [0, 0.05) is 11.8 Å². The summed E-state index contributed by atoms with van der Waals surface area (Å²) in [5.41, 5.74) is -1.56. The predicted molar refractivity (Wildman–Crippen MR) is 86.6 cm³/mol. The molecule has 4 nitrogen and oxygen atoms in total. The molecular formula is C19H32O4. The number of hydrogen-bond donors (Lipinski definition) is 4. The average Bonchev–Trinajstić information content (AvgIpc) is 2.90. The second-order valence-electron chi connectivity index (χ2n) is 9.35. The Morgan fingerprint density at radius 2 is 1.78 bits per heavy atom. The molecule has 0 unspecified atom stereocenters. The largest absolute Gasteiger partial charge is 0.396 e. The first kappa shape index (κ1) is 16.3. The minimum absolute atomic E-state index is 0.0715. The van der Waals surface area contributed by atoms with Gasteiger partial charge in [0.2, 0.25) is 0 Å². The normalized spacial score (nSPS) is 59.1. The molecule has 4 N–H and O–H groups in total. The van der Waals surface area contributed by atoms with Gasteiger partial charge in [-0.05, 0) is 68.1 Å². The van der Waals surface area contributed by atoms with Crippen LogP contribution in [0.3, 0.4) is 0 Å². The van der Waals surface area contributed by atoms with Crippen LogP contribution in [0, 0.1) is 28.6 Å². The van der Waals surface area contributed by atoms with Crippen molar-refractivity contribution in [2.75, 3.05) is 6.61 Å². The maximum atomic E-state index is 11.4. The molecule has 0 aromatic heterocycles. The molecule has 132 valence electrons. The molecule has 4 rings (SSSR count). The lowest BCUT2D eigenvalue weighted by Crippen LogP contribution is -2.70. The van der Waals surface area contributed by atoms with E-state index in [2.05, 4.69) is 6.92 Å². The Kier molecular flexibility index (Phi) is 3.67. The first-order chi connectivity index (χ1) is 10.9. The summed E-state index contributed by atoms with van der Waals surface area (Å²) in [5.74, 6) is 1.31. The molecule has 0 aliphatic heterocycles. The van der Waals surface area contributed by atoms with Crippen molar-refractivity contribution in [2.24, 2.45) is 28.6 Å². The fourth-order valence-electron chi connectivity index (χ4n) is 7.36. The van der Waals surface area contributed by atoms with Crippen molar-refractivity contribution in [3.63, 3.8) is 0 Å². The molecule has 8 atom stereocenters. The molecule has 0 spiro atoms. The van der Waals surface area contributed by atoms with Gasteiger partial charge in [-0.3, -0.25) is 0 Å². The Morgan fingerprint density at radius 3 is 2.52 bits per heavy atom. The Bertz CT molecular complexity index is 482. The highest BCUT2D eigenvalue weighted by Gasteiger charge is 2.68. The summed E-state index contributed by atoms with van der Waals surface area (Å²) in [7, 11) is 0. The lowest BCUT2D eigenvalue weighted by molar-refractivity contribution is -0.279. The number of hydrogen-bond acceptors (Lipinski definition) is 4. The average molecular weight is 324 g/mol. The molecule has 0 aromatic carbocycles. The van der Waals surface area contributed by atoms with E-state index in [1.165, 1.54) is 25.7 Å². The van der Waals surface area contributed by atoms with Gasteiger partial charge in [0.25, 0.3) is 0 Å². The van der Waals surface area contributed by atoms with E-state index >= 15 is 0 Å². The standard InChI is InChI=1S/C19H32O4/c1-17-6-2-3-14(17)13-9-16(22)19(23)10-12(21)4-8-18(19,11-20)15(13)5-7-17/h12-16,20-23H,2-11H2,1H3/t12-,13-,14-,15-,16+,17-,18-,19-/m0/s1. The van der Waals surface area contributed by atoms with Crippen molar-refractivity contribution >= 4 is 0 Å². The van der Waals surface area contributed by atoms with Crippen LogP contribution < -0.4 is 0 Å². The minimum atomic E-state index is -1.33. The van der Waals surface area contributed by atoms with Crippen LogP contribution in [0.2, 0.25) is 0 Å². The van der Waals surface area contributed by atoms with Gasteiger partial charge in [-0.1, -0.05) is 13.3 Å². The molecule has 4 aliphatic carbocycles. The third-order valence-corrected chi connectivity index (χ3v) is 8.59. The summed E-state index contributed by atoms with van der Waals surface area (Å²) in [6, 6.07) is 0. The zero-order valence-electron chi connectivity index (χ0n) is 14.2. The number of aliphatic hydroxyl groups is 4. The zero-order valence-corrected chi connectivity index (χ0v) is 14.2. The molecule has 0 amide bonds. The van der Waals surface area contributed by atoms with E-state index in [-0.39, 0.29) is 18.9 Å². The second-order valence-corrected chi connectivity index (χ2v) is 9.35. The van der Waals surface area contributed by atoms with Crippen LogP contribution in [-0.4, -0.2) is 44.8 Å². The van der Waals surface area contributed by atoms with Gasteiger partial charge in [0.05, 0.1) is 18.8 Å². The minimum Gasteiger partial charge on any atom is -0.396 e. The quantitative estimate of drug-likeness (QED) is 0.593. The van der Waals surface area contributed by atoms with Gasteiger partial charge in [0.15, 0.2) is 0 Å². The van der Waals surface area contributed by atoms with Gasteiger partial charge >= 0.3 is 0 Å². The topological polar surface area (TPSA) is 80.9 Å². The fraction of sp³-hybridized carbons (Fsp3) is 1.00. The Labute approximate surface area is 138 Å². The number of aliphatic hydroxyl groups excluding tert-OH is 3. The number of rotatable bonds is 1. The van der Waals surface area contributed by atoms with Gasteiger partial charge in [-0.25, -0.2) is 0 Å². The summed E-state index contributed by atoms with van der Waals surface area (Å²) in [6.45, 7) is 2.34. The molecule has 0 heterocycles. The van der Waals surface area contributed by atoms with Crippen LogP contribution in [0.15, 0.2) is 0 Å². The molecule has 4 saturated carbocycles. The van der Waals surface area contributed by atoms with Crippen LogP contribution in [-0.2, 0) is 0 Å². The van der Waals surface area contributed by atoms with E-state index in [0.717, 1.165) is 6.42 Å². The van der Waals surface area contributed by atoms with E-state index in [0.29, 0.717) is 36.5 Å². The first-order valence-corrected chi connectivity index (χ1v) is 9.56. The smallest absolute Gasteiger partial charge is 0.101 e. The van der Waals surface area contributed by atoms with Gasteiger partial charge in [-0.15, -0.1) is 0 Å². The number of fused-ring (bicyclic) bond motifs is 5. The van der Waals surface area contributed by atoms with Crippen LogP contribution in [0.25, 0.3) is 0 Å². The van der Waals surface area contributed by atoms with Crippen LogP contribution in [0.4, 0.5) is 0 Å². The van der Waals surface area contributed by atoms with Gasteiger partial charge in [-0.2, -0.15) is 0 Å². The Morgan fingerprint density at radius 1 is 1.00 bits per heavy atom. The van der Waals surface area contributed by atoms with Crippen molar-refractivity contribution in [3.05, 3.63) is 0 Å². The molecule has 4 aliphatic rings. The summed E-state index contributed by atoms with van der Waals surface area (Å²) < 4.78 is 0. The summed E-state index contributed by atoms with van der Waals surface area (Å²) in [6.07, 6.45) is 6.71. The van der Waals surface area contributed by atoms with E-state index in [1.54, 1.807) is 0 Å². The van der Waals surface area contributed by atoms with Crippen molar-refractivity contribution in [1.29, 1.82) is 0 Å². The van der Waals surface area contributed by atoms with Crippen molar-refractivity contribution in [3.8, 4) is 0 Å². The maximum Gasteiger partial charge on any atom is 0.101 e. The second kappa shape index (κ2) is 5.17. The van der Waals surface area contributed by atoms with Crippen molar-refractivity contribution in [2.45, 2.75) is 82.5 Å². The molecule has 0 radical (unpaired) electrons. The highest BCUT2D eigenvalue weighted by Crippen LogP contribution is 2.67. The third-order valence-electron chi connectivity index (χ3n) is 8.59. The molecule has 4 fully saturated rings. The Balaban J connectivity index is 1.74. The monoisotopic (exact) mass is 324 g/mol. The first-order valence-electron chi connectivity index (χ1n) is 9.56. The predicted octanol–water partition coefficient (Wildman–Crippen LogP) is 1.84. The highest BCUT2D eigenvalue weighted by molar-refractivity contribution is 5.17. The van der Waals surface area contributed by atoms with Gasteiger partial charge in [0.1, 0.15) is 5.60 Å². The lowest BCUT2D eigenvalue weighted by Gasteiger charge is -2.65. The molecule has 0 aromatic rings. The van der Waals surface area contributed by atoms with E-state index in [9.17, 15) is 20.4 Å². The molecular weight excluding hydrogens is 292 g/mol. The third kappa shape index (κ3) is 1.98. The van der Waals surface area contributed by atoms with E-state index in [4.69, 9.17) is 0 Å². The zero-order chi connectivity index (χ0) is 16.5. The molecule has 0 bridgehead atoms. The van der Waals surface area contributed by atoms with Crippen LogP contribution in [0.1, 0.15) is 64.7 Å². The Hall–Kier alpha value is -0.160. The summed E-state index contributed by atoms with van der Waals surface area (Å²) >= 11 is 0. The SMILES string of the molecule is C[C@@]12CCC[C@H]1[C@@H]1C[C@@H](O)[C@@]3(O)C[C@@H](O)CC[C@]3(CO)[C@H]1CC2. The molecule has 4 heteroatoms. The maximum absolute atomic E-state index is 11.4. The van der Waals surface area contributed by atoms with E-state index in [1.807, 2.05) is 0 Å². The highest BCUT2D eigenvalue weighted by atomic mass is 16.4. The molecule has 0 saturated heterocycles. The van der Waals surface area contributed by atoms with Crippen LogP contribution in [0.5, 0.6) is 0 Å². The summed E-state index contributed by atoms with van der Waals surface area (Å²) in [5, 5.41) is 42.6. The lowest BCUT2D eigenvalue weighted by atomic mass is 9.42. The summed E-state index contributed by atoms with van der Waals surface area (Å²) in [4.78, 5) is 0. The van der Waals surface area contributed by atoms with Gasteiger partial charge < -0.3 is 20.4 Å². The molecule has 23 heavy (non-hydrogen) atoms. The van der Waals surface area contributed by atoms with Crippen LogP contribution >= 0.6 is 0 Å². The van der Waals surface area contributed by atoms with Crippen molar-refractivity contribution in [1.82, 2.24) is 0 Å². The fourth-order valence-corrected chi connectivity index (χ4v) is 7.36.